The molecule has 0 fully saturated rings. The van der Waals surface area contributed by atoms with Gasteiger partial charge in [0.05, 0.1) is 0 Å². The Bertz CT molecular complexity index is 193. The maximum atomic E-state index is 11.8. The smallest absolute Gasteiger partial charge is 0.323 e. The molecular weight excluding hydrogens is 179 g/mol. The zero-order chi connectivity index (χ0) is 10.3. The lowest BCUT2D eigenvalue weighted by Gasteiger charge is -2.06. The van der Waals surface area contributed by atoms with Crippen molar-refractivity contribution in [2.45, 2.75) is 18.9 Å². The molecule has 0 saturated heterocycles. The van der Waals surface area contributed by atoms with Crippen LogP contribution in [0.15, 0.2) is 4.99 Å². The number of nitrogens with zero attached hydrogens (tertiary/aromatic N) is 1. The van der Waals surface area contributed by atoms with E-state index >= 15 is 0 Å². The quantitative estimate of drug-likeness (QED) is 0.186. The van der Waals surface area contributed by atoms with Crippen LogP contribution in [0.5, 0.6) is 0 Å². The summed E-state index contributed by atoms with van der Waals surface area (Å²) in [6.45, 7) is 0.299. The number of guanidine groups is 1. The number of rotatable bonds is 6. The van der Waals surface area contributed by atoms with Gasteiger partial charge in [-0.3, -0.25) is 9.79 Å². The molecule has 0 aliphatic heterocycles. The van der Waals surface area contributed by atoms with Gasteiger partial charge >= 0.3 is 5.97 Å². The van der Waals surface area contributed by atoms with Gasteiger partial charge in [-0.05, 0) is 12.8 Å². The van der Waals surface area contributed by atoms with Crippen LogP contribution in [-0.4, -0.2) is 29.6 Å². The Morgan fingerprint density at radius 3 is 2.62 bits per heavy atom. The molecule has 0 unspecified atom stereocenters. The van der Waals surface area contributed by atoms with Gasteiger partial charge in [0.25, 0.3) is 0 Å². The van der Waals surface area contributed by atoms with Gasteiger partial charge in [-0.1, -0.05) is 0 Å². The third kappa shape index (κ3) is 5.85. The molecule has 7 heteroatoms. The molecule has 0 aromatic carbocycles. The van der Waals surface area contributed by atoms with Gasteiger partial charge in [0.2, 0.25) is 0 Å². The second-order valence-corrected chi connectivity index (χ2v) is 2.45. The van der Waals surface area contributed by atoms with Crippen LogP contribution in [0.1, 0.15) is 12.8 Å². The van der Waals surface area contributed by atoms with Gasteiger partial charge in [-0.2, -0.15) is 0 Å². The zero-order valence-electron chi connectivity index (χ0n) is 7.03. The second-order valence-electron chi connectivity index (χ2n) is 2.45. The Morgan fingerprint density at radius 1 is 1.62 bits per heavy atom. The SMILES string of the molecule is NC(N)=NCCC[C@H](NF)C(=O)O. The van der Waals surface area contributed by atoms with E-state index < -0.39 is 12.0 Å². The van der Waals surface area contributed by atoms with Crippen molar-refractivity contribution in [3.63, 3.8) is 0 Å². The number of aliphatic imine (C=N–C) groups is 1. The Labute approximate surface area is 74.7 Å². The van der Waals surface area contributed by atoms with Gasteiger partial charge in [-0.25, -0.2) is 0 Å². The number of nitrogens with one attached hydrogen (secondary N) is 1. The van der Waals surface area contributed by atoms with E-state index in [2.05, 4.69) is 4.99 Å². The summed E-state index contributed by atoms with van der Waals surface area (Å²) in [4.78, 5) is 13.9. The second kappa shape index (κ2) is 6.18. The number of hydrogen-bond donors (Lipinski definition) is 4. The van der Waals surface area contributed by atoms with Crippen LogP contribution in [0.3, 0.4) is 0 Å². The van der Waals surface area contributed by atoms with Crippen molar-refractivity contribution >= 4 is 11.9 Å². The molecule has 76 valence electrons. The molecule has 0 spiro atoms. The lowest BCUT2D eigenvalue weighted by atomic mass is 10.2. The highest BCUT2D eigenvalue weighted by atomic mass is 19.2. The van der Waals surface area contributed by atoms with Gasteiger partial charge in [0.1, 0.15) is 6.04 Å². The van der Waals surface area contributed by atoms with Crippen LogP contribution in [0.4, 0.5) is 4.48 Å². The fraction of sp³-hybridized carbons (Fsp3) is 0.667. The zero-order valence-corrected chi connectivity index (χ0v) is 7.03. The summed E-state index contributed by atoms with van der Waals surface area (Å²) in [7, 11) is 0. The van der Waals surface area contributed by atoms with E-state index in [-0.39, 0.29) is 12.4 Å². The molecule has 13 heavy (non-hydrogen) atoms. The van der Waals surface area contributed by atoms with Crippen molar-refractivity contribution < 1.29 is 14.4 Å². The maximum Gasteiger partial charge on any atom is 0.323 e. The third-order valence-corrected chi connectivity index (χ3v) is 1.38. The molecule has 0 rings (SSSR count). The van der Waals surface area contributed by atoms with Crippen molar-refractivity contribution in [2.24, 2.45) is 16.5 Å². The monoisotopic (exact) mass is 192 g/mol. The first kappa shape index (κ1) is 11.6. The Morgan fingerprint density at radius 2 is 2.23 bits per heavy atom. The minimum absolute atomic E-state index is 0.0555. The molecular formula is C6H13FN4O2. The van der Waals surface area contributed by atoms with E-state index in [1.54, 1.807) is 0 Å². The summed E-state index contributed by atoms with van der Waals surface area (Å²) < 4.78 is 11.8. The van der Waals surface area contributed by atoms with Crippen LogP contribution in [0.25, 0.3) is 0 Å². The Kier molecular flexibility index (Phi) is 5.53. The van der Waals surface area contributed by atoms with Crippen LogP contribution >= 0.6 is 0 Å². The molecule has 1 atom stereocenters. The predicted molar refractivity (Wildman–Crippen MR) is 45.6 cm³/mol. The first-order valence-electron chi connectivity index (χ1n) is 3.72. The highest BCUT2D eigenvalue weighted by molar-refractivity contribution is 5.75. The van der Waals surface area contributed by atoms with Crippen LogP contribution in [0.2, 0.25) is 0 Å². The van der Waals surface area contributed by atoms with Crippen LogP contribution < -0.4 is 17.0 Å². The Balaban J connectivity index is 3.62. The number of halogens is 1. The molecule has 6 nitrogen and oxygen atoms in total. The highest BCUT2D eigenvalue weighted by Crippen LogP contribution is 1.97. The molecule has 0 saturated carbocycles. The number of carbonyl (C=O) groups is 1. The Hall–Kier alpha value is -1.37. The van der Waals surface area contributed by atoms with E-state index in [1.165, 1.54) is 5.54 Å². The van der Waals surface area contributed by atoms with Crippen molar-refractivity contribution in [1.29, 1.82) is 0 Å². The van der Waals surface area contributed by atoms with Crippen molar-refractivity contribution in [1.82, 2.24) is 5.54 Å². The van der Waals surface area contributed by atoms with Crippen molar-refractivity contribution in [2.75, 3.05) is 6.54 Å². The molecule has 0 bridgehead atoms. The van der Waals surface area contributed by atoms with E-state index in [1.807, 2.05) is 0 Å². The highest BCUT2D eigenvalue weighted by Gasteiger charge is 2.15. The number of hydrogen-bond acceptors (Lipinski definition) is 3. The number of nitrogens with two attached hydrogens (primary N) is 2. The maximum absolute atomic E-state index is 11.8. The topological polar surface area (TPSA) is 114 Å². The minimum atomic E-state index is -1.23. The van der Waals surface area contributed by atoms with Gasteiger partial charge in [0.15, 0.2) is 5.96 Å². The normalized spacial score (nSPS) is 12.1. The number of aliphatic carboxylic acids is 1. The molecule has 0 radical (unpaired) electrons. The molecule has 0 amide bonds. The lowest BCUT2D eigenvalue weighted by Crippen LogP contribution is -2.31. The largest absolute Gasteiger partial charge is 0.480 e. The average Bonchev–Trinajstić information content (AvgIpc) is 2.03. The average molecular weight is 192 g/mol. The fourth-order valence-corrected chi connectivity index (χ4v) is 0.728. The summed E-state index contributed by atoms with van der Waals surface area (Å²) >= 11 is 0. The summed E-state index contributed by atoms with van der Waals surface area (Å²) in [6.07, 6.45) is 0.550. The van der Waals surface area contributed by atoms with Gasteiger partial charge in [0, 0.05) is 6.54 Å². The van der Waals surface area contributed by atoms with Crippen LogP contribution in [0, 0.1) is 0 Å². The van der Waals surface area contributed by atoms with E-state index in [0.29, 0.717) is 13.0 Å². The summed E-state index contributed by atoms with van der Waals surface area (Å²) in [5.41, 5.74) is 11.2. The first-order valence-corrected chi connectivity index (χ1v) is 3.72. The minimum Gasteiger partial charge on any atom is -0.480 e. The standard InChI is InChI=1S/C6H13FN4O2/c7-11-4(5(12)13)2-1-3-10-6(8)9/h4,11H,1-3H2,(H,12,13)(H4,8,9,10)/t4-/m0/s1. The number of carboxylic acid groups (broad SMARTS) is 1. The predicted octanol–water partition coefficient (Wildman–Crippen LogP) is -1.03. The lowest BCUT2D eigenvalue weighted by molar-refractivity contribution is -0.141. The van der Waals surface area contributed by atoms with Crippen LogP contribution in [-0.2, 0) is 4.79 Å². The molecule has 6 N–H and O–H groups in total. The van der Waals surface area contributed by atoms with Crippen molar-refractivity contribution in [3.8, 4) is 0 Å². The summed E-state index contributed by atoms with van der Waals surface area (Å²) in [5, 5.41) is 8.39. The van der Waals surface area contributed by atoms with Gasteiger partial charge < -0.3 is 16.6 Å². The van der Waals surface area contributed by atoms with E-state index in [9.17, 15) is 9.28 Å². The van der Waals surface area contributed by atoms with Gasteiger partial charge in [-0.15, -0.1) is 10.0 Å². The van der Waals surface area contributed by atoms with Crippen molar-refractivity contribution in [3.05, 3.63) is 0 Å². The van der Waals surface area contributed by atoms with E-state index in [4.69, 9.17) is 16.6 Å². The first-order chi connectivity index (χ1) is 6.07. The fourth-order valence-electron chi connectivity index (χ4n) is 0.728. The summed E-state index contributed by atoms with van der Waals surface area (Å²) in [6, 6.07) is -1.19. The summed E-state index contributed by atoms with van der Waals surface area (Å²) in [5.74, 6) is -1.28. The third-order valence-electron chi connectivity index (χ3n) is 1.38. The molecule has 0 heterocycles. The number of carboxylic acids is 1. The molecule has 0 aliphatic carbocycles. The van der Waals surface area contributed by atoms with E-state index in [0.717, 1.165) is 0 Å². The molecule has 0 aromatic rings. The molecule has 0 aliphatic rings. The molecule has 0 aromatic heterocycles.